The van der Waals surface area contributed by atoms with E-state index in [2.05, 4.69) is 0 Å². The van der Waals surface area contributed by atoms with Crippen LogP contribution in [0.2, 0.25) is 5.02 Å². The standard InChI is InChI=1S/C17H22ClNO4/c1-13(17(21)19-10-4-2-3-5-11-19)23-16(20)12-22-15-8-6-14(18)7-9-15/h6-9,13H,2-5,10-12H2,1H3/t13-/m0/s1. The summed E-state index contributed by atoms with van der Waals surface area (Å²) < 4.78 is 10.5. The van der Waals surface area contributed by atoms with Gasteiger partial charge in [-0.15, -0.1) is 0 Å². The number of carbonyl (C=O) groups excluding carboxylic acids is 2. The quantitative estimate of drug-likeness (QED) is 0.774. The molecule has 1 aromatic carbocycles. The number of ether oxygens (including phenoxy) is 2. The number of halogens is 1. The molecular formula is C17H22ClNO4. The lowest BCUT2D eigenvalue weighted by atomic mass is 10.2. The number of nitrogens with zero attached hydrogens (tertiary/aromatic N) is 1. The molecule has 6 heteroatoms. The lowest BCUT2D eigenvalue weighted by Gasteiger charge is -2.24. The number of carbonyl (C=O) groups is 2. The SMILES string of the molecule is C[C@H](OC(=O)COc1ccc(Cl)cc1)C(=O)N1CCCCCC1. The van der Waals surface area contributed by atoms with E-state index in [9.17, 15) is 9.59 Å². The summed E-state index contributed by atoms with van der Waals surface area (Å²) in [5.41, 5.74) is 0. The van der Waals surface area contributed by atoms with Crippen molar-refractivity contribution < 1.29 is 19.1 Å². The van der Waals surface area contributed by atoms with E-state index in [1.807, 2.05) is 0 Å². The van der Waals surface area contributed by atoms with Crippen molar-refractivity contribution in [3.63, 3.8) is 0 Å². The molecular weight excluding hydrogens is 318 g/mol. The van der Waals surface area contributed by atoms with Crippen molar-refractivity contribution >= 4 is 23.5 Å². The van der Waals surface area contributed by atoms with Crippen LogP contribution in [0.1, 0.15) is 32.6 Å². The number of hydrogen-bond donors (Lipinski definition) is 0. The Morgan fingerprint density at radius 1 is 1.13 bits per heavy atom. The number of benzene rings is 1. The molecule has 1 aliphatic rings. The van der Waals surface area contributed by atoms with Crippen LogP contribution < -0.4 is 4.74 Å². The lowest BCUT2D eigenvalue weighted by Crippen LogP contribution is -2.41. The highest BCUT2D eigenvalue weighted by Gasteiger charge is 2.24. The van der Waals surface area contributed by atoms with Crippen molar-refractivity contribution in [2.75, 3.05) is 19.7 Å². The van der Waals surface area contributed by atoms with Crippen molar-refractivity contribution in [1.29, 1.82) is 0 Å². The van der Waals surface area contributed by atoms with E-state index in [1.165, 1.54) is 0 Å². The molecule has 5 nitrogen and oxygen atoms in total. The van der Waals surface area contributed by atoms with Gasteiger partial charge in [-0.05, 0) is 44.0 Å². The Hall–Kier alpha value is -1.75. The molecule has 23 heavy (non-hydrogen) atoms. The summed E-state index contributed by atoms with van der Waals surface area (Å²) in [6.07, 6.45) is 3.52. The third-order valence-corrected chi connectivity index (χ3v) is 4.00. The van der Waals surface area contributed by atoms with Gasteiger partial charge in [-0.3, -0.25) is 4.79 Å². The monoisotopic (exact) mass is 339 g/mol. The minimum atomic E-state index is -0.783. The van der Waals surface area contributed by atoms with Gasteiger partial charge in [0.05, 0.1) is 0 Å². The van der Waals surface area contributed by atoms with Crippen molar-refractivity contribution in [3.05, 3.63) is 29.3 Å². The molecule has 2 rings (SSSR count). The molecule has 0 unspecified atom stereocenters. The van der Waals surface area contributed by atoms with Gasteiger partial charge < -0.3 is 14.4 Å². The minimum absolute atomic E-state index is 0.133. The fraction of sp³-hybridized carbons (Fsp3) is 0.529. The largest absolute Gasteiger partial charge is 0.482 e. The maximum atomic E-state index is 12.3. The van der Waals surface area contributed by atoms with Crippen LogP contribution in [0.25, 0.3) is 0 Å². The second-order valence-electron chi connectivity index (χ2n) is 5.61. The fourth-order valence-corrected chi connectivity index (χ4v) is 2.63. The molecule has 0 N–H and O–H groups in total. The van der Waals surface area contributed by atoms with Gasteiger partial charge in [-0.25, -0.2) is 4.79 Å². The first kappa shape index (κ1) is 17.6. The molecule has 0 aliphatic carbocycles. The van der Waals surface area contributed by atoms with Crippen LogP contribution >= 0.6 is 11.6 Å². The van der Waals surface area contributed by atoms with Gasteiger partial charge in [0.25, 0.3) is 5.91 Å². The number of esters is 1. The summed E-state index contributed by atoms with van der Waals surface area (Å²) in [7, 11) is 0. The van der Waals surface area contributed by atoms with Crippen molar-refractivity contribution in [2.45, 2.75) is 38.7 Å². The van der Waals surface area contributed by atoms with Crippen LogP contribution in [0.4, 0.5) is 0 Å². The predicted molar refractivity (Wildman–Crippen MR) is 87.5 cm³/mol. The summed E-state index contributed by atoms with van der Waals surface area (Å²) in [5, 5.41) is 0.594. The van der Waals surface area contributed by atoms with E-state index in [1.54, 1.807) is 36.1 Å². The maximum absolute atomic E-state index is 12.3. The number of hydrogen-bond acceptors (Lipinski definition) is 4. The highest BCUT2D eigenvalue weighted by atomic mass is 35.5. The normalized spacial score (nSPS) is 16.3. The van der Waals surface area contributed by atoms with Crippen LogP contribution in [-0.2, 0) is 14.3 Å². The third kappa shape index (κ3) is 5.75. The highest BCUT2D eigenvalue weighted by molar-refractivity contribution is 6.30. The first-order valence-electron chi connectivity index (χ1n) is 7.93. The highest BCUT2D eigenvalue weighted by Crippen LogP contribution is 2.16. The molecule has 1 aliphatic heterocycles. The number of amides is 1. The van der Waals surface area contributed by atoms with Crippen molar-refractivity contribution in [2.24, 2.45) is 0 Å². The zero-order valence-corrected chi connectivity index (χ0v) is 14.1. The predicted octanol–water partition coefficient (Wildman–Crippen LogP) is 3.05. The minimum Gasteiger partial charge on any atom is -0.482 e. The van der Waals surface area contributed by atoms with Gasteiger partial charge >= 0.3 is 5.97 Å². The summed E-state index contributed by atoms with van der Waals surface area (Å²) in [5.74, 6) is -0.166. The second-order valence-corrected chi connectivity index (χ2v) is 6.05. The Balaban J connectivity index is 1.77. The lowest BCUT2D eigenvalue weighted by molar-refractivity contribution is -0.160. The third-order valence-electron chi connectivity index (χ3n) is 3.74. The Bertz CT molecular complexity index is 524. The van der Waals surface area contributed by atoms with Gasteiger partial charge in [0, 0.05) is 18.1 Å². The Labute approximate surface area is 141 Å². The van der Waals surface area contributed by atoms with Gasteiger partial charge in [-0.1, -0.05) is 24.4 Å². The molecule has 1 saturated heterocycles. The molecule has 0 saturated carbocycles. The zero-order chi connectivity index (χ0) is 16.7. The molecule has 126 valence electrons. The van der Waals surface area contributed by atoms with E-state index >= 15 is 0 Å². The molecule has 1 atom stereocenters. The van der Waals surface area contributed by atoms with Gasteiger partial charge in [0.1, 0.15) is 5.75 Å². The molecule has 1 aromatic rings. The van der Waals surface area contributed by atoms with Crippen LogP contribution in [0.15, 0.2) is 24.3 Å². The average molecular weight is 340 g/mol. The van der Waals surface area contributed by atoms with E-state index in [-0.39, 0.29) is 12.5 Å². The number of rotatable bonds is 5. The van der Waals surface area contributed by atoms with Gasteiger partial charge in [-0.2, -0.15) is 0 Å². The molecule has 1 fully saturated rings. The van der Waals surface area contributed by atoms with Gasteiger partial charge in [0.2, 0.25) is 0 Å². The van der Waals surface area contributed by atoms with Crippen molar-refractivity contribution in [1.82, 2.24) is 4.90 Å². The smallest absolute Gasteiger partial charge is 0.344 e. The van der Waals surface area contributed by atoms with Gasteiger partial charge in [0.15, 0.2) is 12.7 Å². The maximum Gasteiger partial charge on any atom is 0.344 e. The topological polar surface area (TPSA) is 55.8 Å². The van der Waals surface area contributed by atoms with E-state index in [0.29, 0.717) is 10.8 Å². The molecule has 0 aromatic heterocycles. The summed E-state index contributed by atoms with van der Waals surface area (Å²) in [6.45, 7) is 2.84. The Morgan fingerprint density at radius 3 is 2.35 bits per heavy atom. The van der Waals surface area contributed by atoms with Crippen LogP contribution in [0.3, 0.4) is 0 Å². The summed E-state index contributed by atoms with van der Waals surface area (Å²) in [6, 6.07) is 6.68. The average Bonchev–Trinajstić information content (AvgIpc) is 2.82. The van der Waals surface area contributed by atoms with Crippen LogP contribution in [0, 0.1) is 0 Å². The molecule has 1 amide bonds. The van der Waals surface area contributed by atoms with Crippen LogP contribution in [-0.4, -0.2) is 42.6 Å². The Morgan fingerprint density at radius 2 is 1.74 bits per heavy atom. The summed E-state index contributed by atoms with van der Waals surface area (Å²) >= 11 is 5.77. The summed E-state index contributed by atoms with van der Waals surface area (Å²) in [4.78, 5) is 25.9. The molecule has 0 radical (unpaired) electrons. The van der Waals surface area contributed by atoms with E-state index in [4.69, 9.17) is 21.1 Å². The number of likely N-dealkylation sites (tertiary alicyclic amines) is 1. The molecule has 0 bridgehead atoms. The fourth-order valence-electron chi connectivity index (χ4n) is 2.50. The van der Waals surface area contributed by atoms with Crippen molar-refractivity contribution in [3.8, 4) is 5.75 Å². The van der Waals surface area contributed by atoms with E-state index < -0.39 is 12.1 Å². The first-order chi connectivity index (χ1) is 11.1. The molecule has 1 heterocycles. The second kappa shape index (κ2) is 8.77. The molecule has 0 spiro atoms. The van der Waals surface area contributed by atoms with Crippen LogP contribution in [0.5, 0.6) is 5.75 Å². The zero-order valence-electron chi connectivity index (χ0n) is 13.3. The van der Waals surface area contributed by atoms with E-state index in [0.717, 1.165) is 38.8 Å². The first-order valence-corrected chi connectivity index (χ1v) is 8.30. The Kier molecular flexibility index (Phi) is 6.71.